The van der Waals surface area contributed by atoms with Crippen molar-refractivity contribution in [2.75, 3.05) is 0 Å². The fraction of sp³-hybridized carbons (Fsp3) is 0.255. The fourth-order valence-electron chi connectivity index (χ4n) is 7.36. The number of alkyl halides is 6. The van der Waals surface area contributed by atoms with Gasteiger partial charge in [-0.2, -0.15) is 23.8 Å². The fourth-order valence-corrected chi connectivity index (χ4v) is 8.13. The molecule has 0 unspecified atom stereocenters. The van der Waals surface area contributed by atoms with Crippen molar-refractivity contribution in [3.63, 3.8) is 0 Å². The van der Waals surface area contributed by atoms with Gasteiger partial charge in [0.25, 0.3) is 0 Å². The molecule has 0 aromatic heterocycles. The van der Waals surface area contributed by atoms with Crippen molar-refractivity contribution >= 4 is 14.4 Å². The van der Waals surface area contributed by atoms with Crippen molar-refractivity contribution in [3.05, 3.63) is 177 Å². The predicted molar refractivity (Wildman–Crippen MR) is 205 cm³/mol. The Morgan fingerprint density at radius 2 is 1.11 bits per heavy atom. The molecule has 0 spiro atoms. The van der Waals surface area contributed by atoms with E-state index in [9.17, 15) is 26.3 Å². The van der Waals surface area contributed by atoms with Gasteiger partial charge in [-0.05, 0) is 70.2 Å². The average molecular weight is 883 g/mol. The van der Waals surface area contributed by atoms with E-state index in [2.05, 4.69) is 84.4 Å². The Hall–Kier alpha value is -3.51. The third kappa shape index (κ3) is 9.60. The van der Waals surface area contributed by atoms with E-state index in [1.54, 1.807) is 0 Å². The van der Waals surface area contributed by atoms with E-state index in [0.717, 1.165) is 61.3 Å². The van der Waals surface area contributed by atoms with E-state index in [1.165, 1.54) is 79.9 Å². The molecule has 9 heteroatoms. The van der Waals surface area contributed by atoms with E-state index in [1.807, 2.05) is 30.3 Å². The standard InChI is InChI=1S/C27H29.C15H8F6.C5H5.2ClH.Zr/c1-16-7-9-26(3,4)24-12-18-11-19-13-25-21(17(2)8-10-27(25,5)6)15-23(19)22(18)14-20(16)24;16-14(17,18)12-5-1-3-10(8-12)7-11-4-2-6-13(9-11)15(19,20)21;1-2-4-5-3-1;;;/h7-9,12-15H,10-11H2,1-6H3;1-6,8-9H;1-5H;2*1H;/q-1;;-1;;;+2/p-2. The minimum Gasteiger partial charge on any atom is -1.00 e. The predicted octanol–water partition coefficient (Wildman–Crippen LogP) is 7.49. The summed E-state index contributed by atoms with van der Waals surface area (Å²) in [5, 5.41) is 0. The van der Waals surface area contributed by atoms with Gasteiger partial charge < -0.3 is 24.8 Å². The van der Waals surface area contributed by atoms with Crippen molar-refractivity contribution in [3.8, 4) is 11.1 Å². The zero-order valence-electron chi connectivity index (χ0n) is 32.0. The molecule has 0 bridgehead atoms. The van der Waals surface area contributed by atoms with Crippen molar-refractivity contribution in [1.29, 1.82) is 0 Å². The zero-order valence-corrected chi connectivity index (χ0v) is 36.0. The molecule has 0 saturated carbocycles. The van der Waals surface area contributed by atoms with Crippen LogP contribution in [0.2, 0.25) is 0 Å². The SMILES string of the molecule is CC1=C[CH-]C(C)(C)c2cc3c(cc21)-c1cc2c(cc1C3)C(C)(C)CC=C2C.FC(F)(F)c1cccc([C](=[Zr+2])c2cccc(C(F)(F)F)c2)c1.[Cl-].[Cl-].c1cc[cH-]c1. The molecule has 0 heterocycles. The maximum absolute atomic E-state index is 12.7. The summed E-state index contributed by atoms with van der Waals surface area (Å²) >= 11 is 0.729. The molecule has 8 rings (SSSR count). The quantitative estimate of drug-likeness (QED) is 0.125. The molecule has 292 valence electrons. The molecular weight excluding hydrogens is 841 g/mol. The van der Waals surface area contributed by atoms with Gasteiger partial charge in [0, 0.05) is 0 Å². The minimum atomic E-state index is -4.49. The van der Waals surface area contributed by atoms with E-state index < -0.39 is 23.5 Å². The van der Waals surface area contributed by atoms with Crippen molar-refractivity contribution in [2.45, 2.75) is 77.6 Å². The van der Waals surface area contributed by atoms with Crippen LogP contribution in [0.4, 0.5) is 26.3 Å². The van der Waals surface area contributed by atoms with E-state index >= 15 is 0 Å². The van der Waals surface area contributed by atoms with Crippen LogP contribution in [0.3, 0.4) is 0 Å². The maximum Gasteiger partial charge on any atom is -0.172 e. The first-order valence-electron chi connectivity index (χ1n) is 17.9. The topological polar surface area (TPSA) is 0 Å². The van der Waals surface area contributed by atoms with Gasteiger partial charge in [0.05, 0.1) is 0 Å². The molecule has 0 amide bonds. The van der Waals surface area contributed by atoms with Gasteiger partial charge in [-0.3, -0.25) is 0 Å². The smallest absolute Gasteiger partial charge is 0.172 e. The normalized spacial score (nSPS) is 15.5. The summed E-state index contributed by atoms with van der Waals surface area (Å²) in [5.41, 5.74) is 13.9. The van der Waals surface area contributed by atoms with Crippen LogP contribution in [0.25, 0.3) is 22.3 Å². The summed E-state index contributed by atoms with van der Waals surface area (Å²) < 4.78 is 76.7. The van der Waals surface area contributed by atoms with Gasteiger partial charge >= 0.3 is 137 Å². The van der Waals surface area contributed by atoms with Crippen LogP contribution < -0.4 is 24.8 Å². The summed E-state index contributed by atoms with van der Waals surface area (Å²) in [6.45, 7) is 13.9. The summed E-state index contributed by atoms with van der Waals surface area (Å²) in [6, 6.07) is 29.1. The van der Waals surface area contributed by atoms with Crippen molar-refractivity contribution < 1.29 is 75.4 Å². The van der Waals surface area contributed by atoms with Crippen LogP contribution in [-0.4, -0.2) is 3.21 Å². The molecule has 0 aliphatic heterocycles. The number of fused-ring (bicyclic) bond motifs is 5. The number of hydrogen-bond acceptors (Lipinski definition) is 0. The van der Waals surface area contributed by atoms with E-state index in [0.29, 0.717) is 3.21 Å². The van der Waals surface area contributed by atoms with Crippen molar-refractivity contribution in [2.24, 2.45) is 0 Å². The third-order valence-corrected chi connectivity index (χ3v) is 12.0. The van der Waals surface area contributed by atoms with Crippen molar-refractivity contribution in [1.82, 2.24) is 0 Å². The number of halogens is 8. The Kier molecular flexibility index (Phi) is 13.8. The van der Waals surface area contributed by atoms with Crippen LogP contribution >= 0.6 is 0 Å². The first-order valence-corrected chi connectivity index (χ1v) is 19.1. The van der Waals surface area contributed by atoms with Crippen LogP contribution in [-0.2, 0) is 53.8 Å². The zero-order chi connectivity index (χ0) is 39.2. The Bertz CT molecular complexity index is 2110. The number of allylic oxidation sites excluding steroid dienone is 4. The monoisotopic (exact) mass is 880 g/mol. The molecular formula is C47H42Cl2F6Zr-2. The maximum atomic E-state index is 12.7. The minimum absolute atomic E-state index is 0. The molecule has 3 aliphatic rings. The Balaban J connectivity index is 0.000000218. The van der Waals surface area contributed by atoms with Gasteiger partial charge in [-0.1, -0.05) is 62.9 Å². The van der Waals surface area contributed by atoms with Gasteiger partial charge in [-0.15, -0.1) is 12.5 Å². The molecule has 0 fully saturated rings. The molecule has 0 radical (unpaired) electrons. The molecule has 56 heavy (non-hydrogen) atoms. The van der Waals surface area contributed by atoms with Gasteiger partial charge in [-0.25, -0.2) is 24.6 Å². The number of rotatable bonds is 2. The molecule has 0 atom stereocenters. The molecule has 5 aromatic rings. The Labute approximate surface area is 353 Å². The molecule has 3 aliphatic carbocycles. The molecule has 0 nitrogen and oxygen atoms in total. The summed E-state index contributed by atoms with van der Waals surface area (Å²) in [4.78, 5) is 0. The second-order valence-corrected chi connectivity index (χ2v) is 16.7. The second-order valence-electron chi connectivity index (χ2n) is 15.5. The van der Waals surface area contributed by atoms with Crippen LogP contribution in [0.5, 0.6) is 0 Å². The van der Waals surface area contributed by atoms with Gasteiger partial charge in [0.1, 0.15) is 0 Å². The largest absolute Gasteiger partial charge is 1.00 e. The first kappa shape index (κ1) is 45.2. The second kappa shape index (κ2) is 17.2. The Morgan fingerprint density at radius 1 is 0.625 bits per heavy atom. The molecule has 0 N–H and O–H groups in total. The van der Waals surface area contributed by atoms with Crippen LogP contribution in [0, 0.1) is 6.42 Å². The van der Waals surface area contributed by atoms with Gasteiger partial charge in [0.15, 0.2) is 0 Å². The summed E-state index contributed by atoms with van der Waals surface area (Å²) in [6.07, 6.45) is 0.313. The molecule has 0 saturated heterocycles. The van der Waals surface area contributed by atoms with Crippen LogP contribution in [0.1, 0.15) is 104 Å². The average Bonchev–Trinajstić information content (AvgIpc) is 3.82. The number of hydrogen-bond donors (Lipinski definition) is 0. The summed E-state index contributed by atoms with van der Waals surface area (Å²) in [5.74, 6) is 0. The van der Waals surface area contributed by atoms with Gasteiger partial charge in [0.2, 0.25) is 0 Å². The third-order valence-electron chi connectivity index (χ3n) is 10.6. The first-order chi connectivity index (χ1) is 25.3. The Morgan fingerprint density at radius 3 is 1.57 bits per heavy atom. The molecule has 5 aromatic carbocycles. The number of benzene rings is 4. The summed E-state index contributed by atoms with van der Waals surface area (Å²) in [7, 11) is 0. The van der Waals surface area contributed by atoms with E-state index in [-0.39, 0.29) is 46.8 Å². The van der Waals surface area contributed by atoms with E-state index in [4.69, 9.17) is 0 Å². The van der Waals surface area contributed by atoms with Crippen LogP contribution in [0.15, 0.2) is 115 Å².